The third kappa shape index (κ3) is 4.18. The van der Waals surface area contributed by atoms with Crippen LogP contribution in [0.4, 0.5) is 0 Å². The molecule has 0 aromatic rings. The summed E-state index contributed by atoms with van der Waals surface area (Å²) in [6.07, 6.45) is 1.89. The molecular weight excluding hydrogens is 174 g/mol. The van der Waals surface area contributed by atoms with Crippen LogP contribution >= 0.6 is 11.8 Å². The molecule has 0 radical (unpaired) electrons. The van der Waals surface area contributed by atoms with Crippen LogP contribution in [0.2, 0.25) is 0 Å². The summed E-state index contributed by atoms with van der Waals surface area (Å²) in [5.74, 6) is -0.453. The van der Waals surface area contributed by atoms with Gasteiger partial charge in [-0.25, -0.2) is 9.79 Å². The van der Waals surface area contributed by atoms with Gasteiger partial charge in [0.1, 0.15) is 5.70 Å². The second-order valence-electron chi connectivity index (χ2n) is 2.00. The Morgan fingerprint density at radius 1 is 1.67 bits per heavy atom. The van der Waals surface area contributed by atoms with Crippen molar-refractivity contribution in [3.8, 4) is 0 Å². The van der Waals surface area contributed by atoms with Crippen molar-refractivity contribution >= 4 is 22.8 Å². The SMILES string of the molecule is C=C(N=C(C)SC)C(=O)OCC. The van der Waals surface area contributed by atoms with Gasteiger partial charge in [-0.05, 0) is 20.1 Å². The quantitative estimate of drug-likeness (QED) is 0.293. The molecule has 0 spiro atoms. The number of carbonyl (C=O) groups excluding carboxylic acids is 1. The third-order valence-corrected chi connectivity index (χ3v) is 1.78. The lowest BCUT2D eigenvalue weighted by Gasteiger charge is -2.00. The standard InChI is InChI=1S/C8H13NO2S/c1-5-11-8(10)6(2)9-7(3)12-4/h2,5H2,1,3-4H3. The van der Waals surface area contributed by atoms with E-state index >= 15 is 0 Å². The summed E-state index contributed by atoms with van der Waals surface area (Å²) < 4.78 is 4.69. The average molecular weight is 187 g/mol. The fraction of sp³-hybridized carbons (Fsp3) is 0.500. The van der Waals surface area contributed by atoms with Crippen molar-refractivity contribution in [2.45, 2.75) is 13.8 Å². The first-order valence-electron chi connectivity index (χ1n) is 3.57. The van der Waals surface area contributed by atoms with Crippen molar-refractivity contribution in [3.05, 3.63) is 12.3 Å². The van der Waals surface area contributed by atoms with Crippen LogP contribution in [0.5, 0.6) is 0 Å². The van der Waals surface area contributed by atoms with Gasteiger partial charge >= 0.3 is 5.97 Å². The number of rotatable bonds is 3. The molecule has 0 atom stereocenters. The summed E-state index contributed by atoms with van der Waals surface area (Å²) in [4.78, 5) is 14.9. The first kappa shape index (κ1) is 11.2. The Balaban J connectivity index is 4.12. The van der Waals surface area contributed by atoms with Gasteiger partial charge in [0.2, 0.25) is 0 Å². The van der Waals surface area contributed by atoms with E-state index in [9.17, 15) is 4.79 Å². The summed E-state index contributed by atoms with van der Waals surface area (Å²) >= 11 is 1.47. The van der Waals surface area contributed by atoms with E-state index in [4.69, 9.17) is 4.74 Å². The molecule has 0 heterocycles. The number of hydrogen-bond acceptors (Lipinski definition) is 4. The average Bonchev–Trinajstić information content (AvgIpc) is 2.04. The highest BCUT2D eigenvalue weighted by atomic mass is 32.2. The smallest absolute Gasteiger partial charge is 0.356 e. The van der Waals surface area contributed by atoms with E-state index in [1.165, 1.54) is 11.8 Å². The van der Waals surface area contributed by atoms with E-state index in [0.29, 0.717) is 6.61 Å². The van der Waals surface area contributed by atoms with Gasteiger partial charge in [0.25, 0.3) is 0 Å². The Bertz CT molecular complexity index is 211. The predicted molar refractivity (Wildman–Crippen MR) is 52.4 cm³/mol. The Morgan fingerprint density at radius 2 is 2.25 bits per heavy atom. The molecular formula is C8H13NO2S. The van der Waals surface area contributed by atoms with E-state index in [-0.39, 0.29) is 5.70 Å². The minimum absolute atomic E-state index is 0.156. The summed E-state index contributed by atoms with van der Waals surface area (Å²) in [5.41, 5.74) is 0.156. The maximum absolute atomic E-state index is 11.0. The number of ether oxygens (including phenoxy) is 1. The number of hydrogen-bond donors (Lipinski definition) is 0. The van der Waals surface area contributed by atoms with Crippen LogP contribution in [0, 0.1) is 0 Å². The Labute approximate surface area is 76.9 Å². The zero-order valence-electron chi connectivity index (χ0n) is 7.59. The fourth-order valence-electron chi connectivity index (χ4n) is 0.496. The monoisotopic (exact) mass is 187 g/mol. The van der Waals surface area contributed by atoms with Gasteiger partial charge in [-0.3, -0.25) is 0 Å². The number of nitrogens with zero attached hydrogens (tertiary/aromatic N) is 1. The van der Waals surface area contributed by atoms with Gasteiger partial charge in [-0.1, -0.05) is 6.58 Å². The lowest BCUT2D eigenvalue weighted by atomic mass is 10.5. The molecule has 0 rings (SSSR count). The lowest BCUT2D eigenvalue weighted by molar-refractivity contribution is -0.138. The predicted octanol–water partition coefficient (Wildman–Crippen LogP) is 1.84. The van der Waals surface area contributed by atoms with E-state index < -0.39 is 5.97 Å². The van der Waals surface area contributed by atoms with Crippen LogP contribution in [0.1, 0.15) is 13.8 Å². The fourth-order valence-corrected chi connectivity index (χ4v) is 0.697. The van der Waals surface area contributed by atoms with E-state index in [1.54, 1.807) is 6.92 Å². The molecule has 0 saturated carbocycles. The summed E-state index contributed by atoms with van der Waals surface area (Å²) in [7, 11) is 0. The maximum atomic E-state index is 11.0. The van der Waals surface area contributed by atoms with Gasteiger partial charge in [0, 0.05) is 0 Å². The number of esters is 1. The van der Waals surface area contributed by atoms with Crippen LogP contribution < -0.4 is 0 Å². The van der Waals surface area contributed by atoms with Gasteiger partial charge < -0.3 is 4.74 Å². The molecule has 0 aliphatic rings. The second kappa shape index (κ2) is 5.83. The molecule has 0 saturated heterocycles. The van der Waals surface area contributed by atoms with Crippen LogP contribution in [-0.2, 0) is 9.53 Å². The van der Waals surface area contributed by atoms with Gasteiger partial charge in [-0.15, -0.1) is 11.8 Å². The van der Waals surface area contributed by atoms with Crippen molar-refractivity contribution in [1.82, 2.24) is 0 Å². The summed E-state index contributed by atoms with van der Waals surface area (Å²) in [6, 6.07) is 0. The van der Waals surface area contributed by atoms with Gasteiger partial charge in [0.15, 0.2) is 0 Å². The highest BCUT2D eigenvalue weighted by Crippen LogP contribution is 2.03. The molecule has 0 bridgehead atoms. The normalized spacial score (nSPS) is 11.1. The zero-order chi connectivity index (χ0) is 9.56. The van der Waals surface area contributed by atoms with Crippen molar-refractivity contribution in [2.75, 3.05) is 12.9 Å². The summed E-state index contributed by atoms with van der Waals surface area (Å²) in [5, 5.41) is 0.799. The largest absolute Gasteiger partial charge is 0.461 e. The molecule has 0 N–H and O–H groups in total. The van der Waals surface area contributed by atoms with Gasteiger partial charge in [0.05, 0.1) is 11.7 Å². The molecule has 3 nitrogen and oxygen atoms in total. The minimum atomic E-state index is -0.453. The van der Waals surface area contributed by atoms with E-state index in [0.717, 1.165) is 5.04 Å². The molecule has 68 valence electrons. The minimum Gasteiger partial charge on any atom is -0.461 e. The van der Waals surface area contributed by atoms with Gasteiger partial charge in [-0.2, -0.15) is 0 Å². The molecule has 0 aromatic heterocycles. The molecule has 0 aliphatic heterocycles. The first-order chi connectivity index (χ1) is 5.61. The molecule has 0 amide bonds. The maximum Gasteiger partial charge on any atom is 0.356 e. The zero-order valence-corrected chi connectivity index (χ0v) is 8.40. The van der Waals surface area contributed by atoms with Crippen LogP contribution in [0.3, 0.4) is 0 Å². The Hall–Kier alpha value is -0.770. The highest BCUT2D eigenvalue weighted by molar-refractivity contribution is 8.13. The number of thioether (sulfide) groups is 1. The molecule has 0 fully saturated rings. The highest BCUT2D eigenvalue weighted by Gasteiger charge is 2.05. The van der Waals surface area contributed by atoms with Crippen molar-refractivity contribution < 1.29 is 9.53 Å². The molecule has 0 aliphatic carbocycles. The van der Waals surface area contributed by atoms with Crippen molar-refractivity contribution in [2.24, 2.45) is 4.99 Å². The van der Waals surface area contributed by atoms with Crippen LogP contribution in [0.15, 0.2) is 17.3 Å². The molecule has 0 aromatic carbocycles. The van der Waals surface area contributed by atoms with Crippen molar-refractivity contribution in [1.29, 1.82) is 0 Å². The summed E-state index contributed by atoms with van der Waals surface area (Å²) in [6.45, 7) is 7.40. The molecule has 4 heteroatoms. The Kier molecular flexibility index (Phi) is 5.45. The first-order valence-corrected chi connectivity index (χ1v) is 4.79. The topological polar surface area (TPSA) is 38.7 Å². The Morgan fingerprint density at radius 3 is 2.67 bits per heavy atom. The van der Waals surface area contributed by atoms with E-state index in [2.05, 4.69) is 11.6 Å². The lowest BCUT2D eigenvalue weighted by Crippen LogP contribution is -2.05. The number of carbonyl (C=O) groups is 1. The van der Waals surface area contributed by atoms with Crippen LogP contribution in [-0.4, -0.2) is 23.9 Å². The second-order valence-corrected chi connectivity index (χ2v) is 3.00. The molecule has 0 unspecified atom stereocenters. The van der Waals surface area contributed by atoms with Crippen molar-refractivity contribution in [3.63, 3.8) is 0 Å². The molecule has 12 heavy (non-hydrogen) atoms. The number of aliphatic imine (C=N–C) groups is 1. The van der Waals surface area contributed by atoms with E-state index in [1.807, 2.05) is 13.2 Å². The third-order valence-electron chi connectivity index (χ3n) is 1.10. The van der Waals surface area contributed by atoms with Crippen LogP contribution in [0.25, 0.3) is 0 Å².